The highest BCUT2D eigenvalue weighted by molar-refractivity contribution is 5.23. The number of fused-ring (bicyclic) bond motifs is 1. The molecule has 1 aromatic rings. The van der Waals surface area contributed by atoms with Gasteiger partial charge in [-0.2, -0.15) is 0 Å². The van der Waals surface area contributed by atoms with Gasteiger partial charge in [-0.1, -0.05) is 13.8 Å². The van der Waals surface area contributed by atoms with Gasteiger partial charge in [0.15, 0.2) is 0 Å². The van der Waals surface area contributed by atoms with Gasteiger partial charge in [0.2, 0.25) is 0 Å². The van der Waals surface area contributed by atoms with Crippen LogP contribution in [0.4, 0.5) is 0 Å². The number of aromatic nitrogens is 2. The first-order valence-corrected chi connectivity index (χ1v) is 6.44. The highest BCUT2D eigenvalue weighted by atomic mass is 16.5. The lowest BCUT2D eigenvalue weighted by Crippen LogP contribution is -2.14. The molecule has 3 rings (SSSR count). The first kappa shape index (κ1) is 10.3. The summed E-state index contributed by atoms with van der Waals surface area (Å²) in [7, 11) is 0. The Morgan fingerprint density at radius 3 is 3.00 bits per heavy atom. The number of H-pyrrole nitrogens is 1. The highest BCUT2D eigenvalue weighted by Crippen LogP contribution is 2.35. The Hall–Kier alpha value is -0.830. The van der Waals surface area contributed by atoms with E-state index in [1.807, 2.05) is 0 Å². The zero-order valence-corrected chi connectivity index (χ0v) is 10.1. The molecular formula is C13H20N2O. The van der Waals surface area contributed by atoms with Crippen LogP contribution in [0.25, 0.3) is 0 Å². The van der Waals surface area contributed by atoms with Gasteiger partial charge in [-0.15, -0.1) is 0 Å². The third-order valence-electron chi connectivity index (χ3n) is 3.84. The fourth-order valence-electron chi connectivity index (χ4n) is 3.10. The van der Waals surface area contributed by atoms with Gasteiger partial charge in [-0.3, -0.25) is 0 Å². The summed E-state index contributed by atoms with van der Waals surface area (Å²) in [5.74, 6) is 2.45. The minimum atomic E-state index is 0.230. The molecule has 1 aliphatic heterocycles. The second-order valence-corrected chi connectivity index (χ2v) is 5.43. The zero-order chi connectivity index (χ0) is 11.1. The molecule has 0 amide bonds. The topological polar surface area (TPSA) is 37.9 Å². The minimum Gasteiger partial charge on any atom is -0.370 e. The van der Waals surface area contributed by atoms with Crippen LogP contribution in [0, 0.1) is 5.92 Å². The molecule has 1 fully saturated rings. The maximum Gasteiger partial charge on any atom is 0.135 e. The van der Waals surface area contributed by atoms with Gasteiger partial charge in [-0.05, 0) is 31.6 Å². The monoisotopic (exact) mass is 220 g/mol. The second kappa shape index (κ2) is 3.88. The molecule has 3 nitrogen and oxygen atoms in total. The van der Waals surface area contributed by atoms with Crippen molar-refractivity contribution >= 4 is 0 Å². The van der Waals surface area contributed by atoms with Crippen molar-refractivity contribution in [3.8, 4) is 0 Å². The fourth-order valence-corrected chi connectivity index (χ4v) is 3.10. The van der Waals surface area contributed by atoms with Crippen LogP contribution in [-0.2, 0) is 11.2 Å². The number of rotatable bonds is 1. The van der Waals surface area contributed by atoms with Crippen molar-refractivity contribution in [1.29, 1.82) is 0 Å². The van der Waals surface area contributed by atoms with Crippen LogP contribution in [0.1, 0.15) is 62.3 Å². The number of nitrogens with zero attached hydrogens (tertiary/aromatic N) is 1. The summed E-state index contributed by atoms with van der Waals surface area (Å²) in [6.45, 7) is 5.50. The van der Waals surface area contributed by atoms with Gasteiger partial charge in [0.1, 0.15) is 11.9 Å². The van der Waals surface area contributed by atoms with Crippen molar-refractivity contribution in [2.75, 3.05) is 6.61 Å². The summed E-state index contributed by atoms with van der Waals surface area (Å²) in [5.41, 5.74) is 2.65. The molecule has 3 unspecified atom stereocenters. The van der Waals surface area contributed by atoms with E-state index in [1.165, 1.54) is 24.2 Å². The number of ether oxygens (including phenoxy) is 1. The lowest BCUT2D eigenvalue weighted by molar-refractivity contribution is 0.105. The molecule has 16 heavy (non-hydrogen) atoms. The van der Waals surface area contributed by atoms with Crippen LogP contribution in [0.15, 0.2) is 0 Å². The summed E-state index contributed by atoms with van der Waals surface area (Å²) >= 11 is 0. The molecule has 0 saturated carbocycles. The smallest absolute Gasteiger partial charge is 0.135 e. The number of aromatic amines is 1. The van der Waals surface area contributed by atoms with Crippen LogP contribution >= 0.6 is 0 Å². The molecule has 0 spiro atoms. The quantitative estimate of drug-likeness (QED) is 0.790. The first-order valence-electron chi connectivity index (χ1n) is 6.44. The summed E-state index contributed by atoms with van der Waals surface area (Å²) in [5, 5.41) is 0. The maximum atomic E-state index is 5.69. The molecule has 3 atom stereocenters. The van der Waals surface area contributed by atoms with Crippen molar-refractivity contribution in [1.82, 2.24) is 9.97 Å². The number of hydrogen-bond donors (Lipinski definition) is 1. The van der Waals surface area contributed by atoms with E-state index < -0.39 is 0 Å². The SMILES string of the molecule is CC1Cc2[nH]c(C3CCCO3)nc2C(C)C1. The number of imidazole rings is 1. The van der Waals surface area contributed by atoms with Crippen molar-refractivity contribution in [3.05, 3.63) is 17.2 Å². The molecule has 1 N–H and O–H groups in total. The minimum absolute atomic E-state index is 0.230. The standard InChI is InChI=1S/C13H20N2O/c1-8-6-9(2)12-10(7-8)14-13(15-12)11-4-3-5-16-11/h8-9,11H,3-7H2,1-2H3,(H,14,15). The van der Waals surface area contributed by atoms with Crippen LogP contribution in [0.3, 0.4) is 0 Å². The molecule has 1 saturated heterocycles. The van der Waals surface area contributed by atoms with Crippen LogP contribution < -0.4 is 0 Å². The van der Waals surface area contributed by atoms with Gasteiger partial charge in [0.25, 0.3) is 0 Å². The van der Waals surface area contributed by atoms with E-state index in [-0.39, 0.29) is 6.10 Å². The zero-order valence-electron chi connectivity index (χ0n) is 10.1. The second-order valence-electron chi connectivity index (χ2n) is 5.43. The first-order chi connectivity index (χ1) is 7.74. The van der Waals surface area contributed by atoms with Gasteiger partial charge >= 0.3 is 0 Å². The molecule has 1 aromatic heterocycles. The molecule has 0 aromatic carbocycles. The van der Waals surface area contributed by atoms with Gasteiger partial charge in [0, 0.05) is 18.2 Å². The predicted octanol–water partition coefficient (Wildman–Crippen LogP) is 2.95. The fraction of sp³-hybridized carbons (Fsp3) is 0.769. The molecular weight excluding hydrogens is 200 g/mol. The lowest BCUT2D eigenvalue weighted by atomic mass is 9.84. The third-order valence-corrected chi connectivity index (χ3v) is 3.84. The van der Waals surface area contributed by atoms with Gasteiger partial charge in [-0.25, -0.2) is 4.98 Å². The van der Waals surface area contributed by atoms with E-state index in [2.05, 4.69) is 18.8 Å². The summed E-state index contributed by atoms with van der Waals surface area (Å²) in [4.78, 5) is 8.27. The molecule has 0 bridgehead atoms. The van der Waals surface area contributed by atoms with Crippen LogP contribution in [-0.4, -0.2) is 16.6 Å². The lowest BCUT2D eigenvalue weighted by Gasteiger charge is -2.22. The normalized spacial score (nSPS) is 34.0. The van der Waals surface area contributed by atoms with Crippen molar-refractivity contribution < 1.29 is 4.74 Å². The summed E-state index contributed by atoms with van der Waals surface area (Å²) in [6.07, 6.45) is 4.94. The van der Waals surface area contributed by atoms with E-state index >= 15 is 0 Å². The highest BCUT2D eigenvalue weighted by Gasteiger charge is 2.28. The average molecular weight is 220 g/mol. The Bertz CT molecular complexity index is 379. The van der Waals surface area contributed by atoms with Gasteiger partial charge in [0.05, 0.1) is 5.69 Å². The number of hydrogen-bond acceptors (Lipinski definition) is 2. The average Bonchev–Trinajstić information content (AvgIpc) is 2.82. The van der Waals surface area contributed by atoms with Crippen LogP contribution in [0.2, 0.25) is 0 Å². The maximum absolute atomic E-state index is 5.69. The van der Waals surface area contributed by atoms with Crippen molar-refractivity contribution in [3.63, 3.8) is 0 Å². The van der Waals surface area contributed by atoms with E-state index in [9.17, 15) is 0 Å². The molecule has 0 radical (unpaired) electrons. The summed E-state index contributed by atoms with van der Waals surface area (Å²) in [6, 6.07) is 0. The van der Waals surface area contributed by atoms with Gasteiger partial charge < -0.3 is 9.72 Å². The van der Waals surface area contributed by atoms with Crippen LogP contribution in [0.5, 0.6) is 0 Å². The molecule has 1 aliphatic carbocycles. The molecule has 2 heterocycles. The Kier molecular flexibility index (Phi) is 2.51. The molecule has 2 aliphatic rings. The van der Waals surface area contributed by atoms with E-state index in [4.69, 9.17) is 9.72 Å². The molecule has 3 heteroatoms. The van der Waals surface area contributed by atoms with Crippen molar-refractivity contribution in [2.24, 2.45) is 5.92 Å². The van der Waals surface area contributed by atoms with E-state index in [0.717, 1.165) is 31.2 Å². The Morgan fingerprint density at radius 1 is 1.38 bits per heavy atom. The van der Waals surface area contributed by atoms with E-state index in [0.29, 0.717) is 5.92 Å². The summed E-state index contributed by atoms with van der Waals surface area (Å²) < 4.78 is 5.69. The molecule has 88 valence electrons. The number of nitrogens with one attached hydrogen (secondary N) is 1. The predicted molar refractivity (Wildman–Crippen MR) is 62.4 cm³/mol. The Labute approximate surface area is 96.6 Å². The Balaban J connectivity index is 1.90. The van der Waals surface area contributed by atoms with Crippen molar-refractivity contribution in [2.45, 2.75) is 51.6 Å². The largest absolute Gasteiger partial charge is 0.370 e. The Morgan fingerprint density at radius 2 is 2.25 bits per heavy atom. The van der Waals surface area contributed by atoms with E-state index in [1.54, 1.807) is 0 Å². The third kappa shape index (κ3) is 1.67.